The third-order valence-corrected chi connectivity index (χ3v) is 5.82. The van der Waals surface area contributed by atoms with Gasteiger partial charge in [0.05, 0.1) is 23.2 Å². The van der Waals surface area contributed by atoms with Crippen molar-refractivity contribution in [3.05, 3.63) is 57.6 Å². The van der Waals surface area contributed by atoms with Crippen LogP contribution < -0.4 is 9.62 Å². The van der Waals surface area contributed by atoms with Crippen LogP contribution in [0.5, 0.6) is 0 Å². The molecule has 0 atom stereocenters. The predicted molar refractivity (Wildman–Crippen MR) is 113 cm³/mol. The Balaban J connectivity index is 2.10. The second-order valence-electron chi connectivity index (χ2n) is 6.61. The number of carbonyl (C=O) groups is 1. The van der Waals surface area contributed by atoms with Crippen molar-refractivity contribution in [2.75, 3.05) is 22.4 Å². The number of anilines is 2. The molecule has 30 heavy (non-hydrogen) atoms. The molecule has 0 aliphatic heterocycles. The van der Waals surface area contributed by atoms with Crippen LogP contribution in [-0.4, -0.2) is 27.1 Å². The first-order chi connectivity index (χ1) is 13.8. The Morgan fingerprint density at radius 1 is 1.10 bits per heavy atom. The number of alkyl halides is 3. The van der Waals surface area contributed by atoms with Crippen molar-refractivity contribution in [1.29, 1.82) is 0 Å². The molecule has 0 aliphatic rings. The van der Waals surface area contributed by atoms with E-state index in [1.165, 1.54) is 12.1 Å². The molecule has 0 heterocycles. The van der Waals surface area contributed by atoms with Crippen LogP contribution >= 0.6 is 23.2 Å². The molecule has 1 amide bonds. The van der Waals surface area contributed by atoms with Gasteiger partial charge in [-0.3, -0.25) is 9.10 Å². The molecule has 5 nitrogen and oxygen atoms in total. The molecular formula is C19H19Cl2F3N2O3S. The van der Waals surface area contributed by atoms with E-state index in [1.54, 1.807) is 19.1 Å². The number of nitrogens with zero attached hydrogens (tertiary/aromatic N) is 1. The quantitative estimate of drug-likeness (QED) is 0.565. The molecule has 2 aromatic rings. The highest BCUT2D eigenvalue weighted by Crippen LogP contribution is 2.36. The molecule has 0 aliphatic carbocycles. The van der Waals surface area contributed by atoms with E-state index in [1.807, 2.05) is 0 Å². The highest BCUT2D eigenvalue weighted by molar-refractivity contribution is 7.92. The van der Waals surface area contributed by atoms with Gasteiger partial charge in [-0.25, -0.2) is 8.42 Å². The Morgan fingerprint density at radius 3 is 2.30 bits per heavy atom. The number of benzene rings is 2. The van der Waals surface area contributed by atoms with E-state index >= 15 is 0 Å². The van der Waals surface area contributed by atoms with E-state index < -0.39 is 33.4 Å². The maximum atomic E-state index is 13.1. The van der Waals surface area contributed by atoms with Crippen LogP contribution in [0, 0.1) is 6.92 Å². The van der Waals surface area contributed by atoms with Gasteiger partial charge in [-0.1, -0.05) is 29.3 Å². The lowest BCUT2D eigenvalue weighted by molar-refractivity contribution is -0.137. The molecule has 0 radical (unpaired) electrons. The summed E-state index contributed by atoms with van der Waals surface area (Å²) in [6.07, 6.45) is -3.77. The Bertz CT molecular complexity index is 1040. The molecule has 0 spiro atoms. The van der Waals surface area contributed by atoms with Crippen molar-refractivity contribution in [2.24, 2.45) is 0 Å². The molecule has 0 bridgehead atoms. The van der Waals surface area contributed by atoms with E-state index in [0.717, 1.165) is 22.7 Å². The van der Waals surface area contributed by atoms with Crippen molar-refractivity contribution < 1.29 is 26.4 Å². The lowest BCUT2D eigenvalue weighted by Gasteiger charge is -2.24. The highest BCUT2D eigenvalue weighted by atomic mass is 35.5. The van der Waals surface area contributed by atoms with Crippen molar-refractivity contribution in [2.45, 2.75) is 25.9 Å². The maximum absolute atomic E-state index is 13.1. The highest BCUT2D eigenvalue weighted by Gasteiger charge is 2.34. The molecule has 0 unspecified atom stereocenters. The van der Waals surface area contributed by atoms with Crippen LogP contribution in [0.3, 0.4) is 0 Å². The topological polar surface area (TPSA) is 66.5 Å². The van der Waals surface area contributed by atoms with Gasteiger partial charge in [0.2, 0.25) is 15.9 Å². The second kappa shape index (κ2) is 9.45. The van der Waals surface area contributed by atoms with Crippen LogP contribution in [0.25, 0.3) is 0 Å². The monoisotopic (exact) mass is 482 g/mol. The number of rotatable bonds is 7. The number of nitrogens with one attached hydrogen (secondary N) is 1. The number of sulfonamides is 1. The van der Waals surface area contributed by atoms with Gasteiger partial charge in [-0.2, -0.15) is 13.2 Å². The molecule has 0 saturated heterocycles. The number of hydrogen-bond donors (Lipinski definition) is 1. The van der Waals surface area contributed by atoms with E-state index in [0.29, 0.717) is 16.3 Å². The third-order valence-electron chi connectivity index (χ3n) is 4.17. The number of halogens is 5. The Labute approximate surface area is 182 Å². The van der Waals surface area contributed by atoms with Crippen molar-refractivity contribution in [3.8, 4) is 0 Å². The predicted octanol–water partition coefficient (Wildman–Crippen LogP) is 5.51. The lowest BCUT2D eigenvalue weighted by atomic mass is 10.1. The number of aryl methyl sites for hydroxylation is 1. The van der Waals surface area contributed by atoms with Gasteiger partial charge < -0.3 is 5.32 Å². The fraction of sp³-hybridized carbons (Fsp3) is 0.316. The second-order valence-corrected chi connectivity index (χ2v) is 9.39. The number of amides is 1. The van der Waals surface area contributed by atoms with Gasteiger partial charge in [0, 0.05) is 23.0 Å². The molecule has 0 fully saturated rings. The largest absolute Gasteiger partial charge is 0.418 e. The molecule has 0 aromatic heterocycles. The smallest absolute Gasteiger partial charge is 0.326 e. The van der Waals surface area contributed by atoms with Gasteiger partial charge in [0.25, 0.3) is 0 Å². The van der Waals surface area contributed by atoms with Gasteiger partial charge in [0.15, 0.2) is 0 Å². The zero-order valence-corrected chi connectivity index (χ0v) is 18.4. The van der Waals surface area contributed by atoms with Gasteiger partial charge in [0.1, 0.15) is 0 Å². The minimum absolute atomic E-state index is 0.0415. The summed E-state index contributed by atoms with van der Waals surface area (Å²) >= 11 is 11.6. The van der Waals surface area contributed by atoms with Crippen LogP contribution in [-0.2, 0) is 21.0 Å². The number of carbonyl (C=O) groups excluding carboxylic acids is 1. The van der Waals surface area contributed by atoms with Crippen LogP contribution in [0.1, 0.15) is 24.0 Å². The van der Waals surface area contributed by atoms with Crippen LogP contribution in [0.15, 0.2) is 36.4 Å². The molecule has 1 N–H and O–H groups in total. The molecular weight excluding hydrogens is 464 g/mol. The maximum Gasteiger partial charge on any atom is 0.418 e. The summed E-state index contributed by atoms with van der Waals surface area (Å²) in [5.74, 6) is -0.681. The lowest BCUT2D eigenvalue weighted by Crippen LogP contribution is -2.32. The summed E-state index contributed by atoms with van der Waals surface area (Å²) in [6.45, 7) is 1.68. The van der Waals surface area contributed by atoms with Crippen LogP contribution in [0.4, 0.5) is 24.5 Å². The zero-order chi connectivity index (χ0) is 22.7. The Kier molecular flexibility index (Phi) is 7.65. The van der Waals surface area contributed by atoms with E-state index in [4.69, 9.17) is 23.2 Å². The Morgan fingerprint density at radius 2 is 1.70 bits per heavy atom. The van der Waals surface area contributed by atoms with E-state index in [2.05, 4.69) is 5.32 Å². The summed E-state index contributed by atoms with van der Waals surface area (Å²) < 4.78 is 64.9. The number of hydrogen-bond acceptors (Lipinski definition) is 3. The fourth-order valence-electron chi connectivity index (χ4n) is 2.77. The zero-order valence-electron chi connectivity index (χ0n) is 16.1. The summed E-state index contributed by atoms with van der Waals surface area (Å²) in [6, 6.07) is 7.83. The normalized spacial score (nSPS) is 12.0. The van der Waals surface area contributed by atoms with E-state index in [-0.39, 0.29) is 24.4 Å². The van der Waals surface area contributed by atoms with Crippen molar-refractivity contribution in [1.82, 2.24) is 0 Å². The van der Waals surface area contributed by atoms with Gasteiger partial charge >= 0.3 is 6.18 Å². The average Bonchev–Trinajstić information content (AvgIpc) is 2.61. The van der Waals surface area contributed by atoms with Gasteiger partial charge in [-0.15, -0.1) is 0 Å². The van der Waals surface area contributed by atoms with Gasteiger partial charge in [-0.05, 0) is 49.2 Å². The standard InChI is InChI=1S/C19H19Cl2F3N2O3S/c1-12-5-6-14(21)11-17(12)26(30(2,28)29)9-3-4-18(27)25-16-8-7-13(20)10-15(16)19(22,23)24/h5-8,10-11H,3-4,9H2,1-2H3,(H,25,27). The first-order valence-electron chi connectivity index (χ1n) is 8.69. The van der Waals surface area contributed by atoms with Crippen LogP contribution in [0.2, 0.25) is 10.0 Å². The summed E-state index contributed by atoms with van der Waals surface area (Å²) in [5, 5.41) is 2.45. The first-order valence-corrected chi connectivity index (χ1v) is 11.3. The Hall–Kier alpha value is -1.97. The minimum atomic E-state index is -4.69. The fourth-order valence-corrected chi connectivity index (χ4v) is 4.13. The molecule has 2 rings (SSSR count). The summed E-state index contributed by atoms with van der Waals surface area (Å²) in [5.41, 5.74) is -0.425. The molecule has 11 heteroatoms. The molecule has 0 saturated carbocycles. The molecule has 2 aromatic carbocycles. The average molecular weight is 483 g/mol. The minimum Gasteiger partial charge on any atom is -0.326 e. The third kappa shape index (κ3) is 6.52. The van der Waals surface area contributed by atoms with Crippen molar-refractivity contribution in [3.63, 3.8) is 0 Å². The SMILES string of the molecule is Cc1ccc(Cl)cc1N(CCCC(=O)Nc1ccc(Cl)cc1C(F)(F)F)S(C)(=O)=O. The molecule has 164 valence electrons. The van der Waals surface area contributed by atoms with E-state index in [9.17, 15) is 26.4 Å². The first kappa shape index (κ1) is 24.3. The van der Waals surface area contributed by atoms with Crippen molar-refractivity contribution >= 4 is 50.5 Å². The summed E-state index contributed by atoms with van der Waals surface area (Å²) in [4.78, 5) is 12.2. The summed E-state index contributed by atoms with van der Waals surface area (Å²) in [7, 11) is -3.67.